The van der Waals surface area contributed by atoms with Gasteiger partial charge in [0.1, 0.15) is 11.1 Å². The molecular formula is C21H26ClFN2OS. The lowest BCUT2D eigenvalue weighted by atomic mass is 9.81. The van der Waals surface area contributed by atoms with Gasteiger partial charge in [0.15, 0.2) is 0 Å². The van der Waals surface area contributed by atoms with Gasteiger partial charge in [0.2, 0.25) is 5.91 Å². The summed E-state index contributed by atoms with van der Waals surface area (Å²) in [5.41, 5.74) is 0.999. The Morgan fingerprint density at radius 1 is 1.15 bits per heavy atom. The lowest BCUT2D eigenvalue weighted by Gasteiger charge is -2.34. The van der Waals surface area contributed by atoms with Gasteiger partial charge >= 0.3 is 0 Å². The zero-order chi connectivity index (χ0) is 18.4. The minimum absolute atomic E-state index is 0. The van der Waals surface area contributed by atoms with Crippen LogP contribution in [0.2, 0.25) is 0 Å². The summed E-state index contributed by atoms with van der Waals surface area (Å²) in [5.74, 6) is -0.360. The molecule has 0 radical (unpaired) electrons. The molecule has 0 spiro atoms. The Morgan fingerprint density at radius 2 is 1.78 bits per heavy atom. The molecule has 6 heteroatoms. The fraction of sp³-hybridized carbons (Fsp3) is 0.381. The molecule has 0 aliphatic carbocycles. The normalized spacial score (nSPS) is 16.8. The molecule has 3 nitrogen and oxygen atoms in total. The molecule has 0 aromatic heterocycles. The number of rotatable bonds is 6. The quantitative estimate of drug-likeness (QED) is 0.687. The van der Waals surface area contributed by atoms with E-state index < -0.39 is 5.25 Å². The molecule has 0 bridgehead atoms. The first-order valence-corrected chi connectivity index (χ1v) is 9.90. The second-order valence-electron chi connectivity index (χ2n) is 7.12. The van der Waals surface area contributed by atoms with Gasteiger partial charge in [-0.05, 0) is 49.0 Å². The van der Waals surface area contributed by atoms with Crippen LogP contribution in [-0.2, 0) is 4.79 Å². The molecule has 146 valence electrons. The van der Waals surface area contributed by atoms with Gasteiger partial charge in [-0.25, -0.2) is 4.39 Å². The molecular weight excluding hydrogens is 383 g/mol. The standard InChI is InChI=1S/C21H25FN2OS.ClH/c1-21(11-13-23-14-12-21)15-24-20(25)19(16-7-3-2-4-8-16)26-18-10-6-5-9-17(18)22;/h2-10,19,23H,11-15H2,1H3,(H,24,25);1H. The average Bonchev–Trinajstić information content (AvgIpc) is 2.67. The van der Waals surface area contributed by atoms with Crippen LogP contribution in [0.4, 0.5) is 4.39 Å². The van der Waals surface area contributed by atoms with Gasteiger partial charge < -0.3 is 10.6 Å². The maximum Gasteiger partial charge on any atom is 0.238 e. The molecule has 1 atom stereocenters. The van der Waals surface area contributed by atoms with Crippen LogP contribution in [0.25, 0.3) is 0 Å². The van der Waals surface area contributed by atoms with Crippen LogP contribution < -0.4 is 10.6 Å². The Bertz CT molecular complexity index is 738. The first-order chi connectivity index (χ1) is 12.6. The third-order valence-electron chi connectivity index (χ3n) is 4.92. The number of benzene rings is 2. The molecule has 1 fully saturated rings. The van der Waals surface area contributed by atoms with Crippen LogP contribution in [0.1, 0.15) is 30.6 Å². The third-order valence-corrected chi connectivity index (χ3v) is 6.23. The molecule has 2 aromatic carbocycles. The second-order valence-corrected chi connectivity index (χ2v) is 8.26. The van der Waals surface area contributed by atoms with E-state index in [0.29, 0.717) is 11.4 Å². The molecule has 1 unspecified atom stereocenters. The van der Waals surface area contributed by atoms with Crippen LogP contribution in [0.15, 0.2) is 59.5 Å². The number of thioether (sulfide) groups is 1. The van der Waals surface area contributed by atoms with Crippen LogP contribution in [0, 0.1) is 11.2 Å². The lowest BCUT2D eigenvalue weighted by molar-refractivity contribution is -0.121. The first-order valence-electron chi connectivity index (χ1n) is 9.02. The highest BCUT2D eigenvalue weighted by Crippen LogP contribution is 2.37. The van der Waals surface area contributed by atoms with Crippen LogP contribution in [0.3, 0.4) is 0 Å². The number of halogens is 2. The highest BCUT2D eigenvalue weighted by atomic mass is 35.5. The smallest absolute Gasteiger partial charge is 0.238 e. The van der Waals surface area contributed by atoms with Crippen LogP contribution in [-0.4, -0.2) is 25.5 Å². The predicted octanol–water partition coefficient (Wildman–Crippen LogP) is 4.59. The monoisotopic (exact) mass is 408 g/mol. The van der Waals surface area contributed by atoms with Crippen molar-refractivity contribution in [3.63, 3.8) is 0 Å². The Labute approximate surface area is 170 Å². The van der Waals surface area contributed by atoms with Crippen LogP contribution in [0.5, 0.6) is 0 Å². The van der Waals surface area contributed by atoms with Gasteiger partial charge in [-0.1, -0.05) is 49.4 Å². The van der Waals surface area contributed by atoms with Crippen molar-refractivity contribution in [3.05, 3.63) is 66.0 Å². The number of hydrogen-bond acceptors (Lipinski definition) is 3. The van der Waals surface area contributed by atoms with Gasteiger partial charge in [0.05, 0.1) is 0 Å². The van der Waals surface area contributed by atoms with E-state index in [0.717, 1.165) is 31.5 Å². The van der Waals surface area contributed by atoms with E-state index in [1.807, 2.05) is 30.3 Å². The molecule has 1 heterocycles. The summed E-state index contributed by atoms with van der Waals surface area (Å²) in [4.78, 5) is 13.5. The largest absolute Gasteiger partial charge is 0.354 e. The van der Waals surface area contributed by atoms with Crippen molar-refractivity contribution < 1.29 is 9.18 Å². The van der Waals surface area contributed by atoms with E-state index in [2.05, 4.69) is 17.6 Å². The molecule has 0 saturated carbocycles. The average molecular weight is 409 g/mol. The van der Waals surface area contributed by atoms with E-state index in [1.165, 1.54) is 17.8 Å². The Balaban J connectivity index is 0.00000261. The van der Waals surface area contributed by atoms with E-state index in [9.17, 15) is 9.18 Å². The van der Waals surface area contributed by atoms with Crippen LogP contribution >= 0.6 is 24.2 Å². The highest BCUT2D eigenvalue weighted by Gasteiger charge is 2.29. The number of nitrogens with one attached hydrogen (secondary N) is 2. The summed E-state index contributed by atoms with van der Waals surface area (Å²) in [6, 6.07) is 16.2. The first kappa shape index (κ1) is 21.7. The number of hydrogen-bond donors (Lipinski definition) is 2. The molecule has 1 amide bonds. The lowest BCUT2D eigenvalue weighted by Crippen LogP contribution is -2.43. The molecule has 3 rings (SSSR count). The number of carbonyl (C=O) groups is 1. The van der Waals surface area contributed by atoms with Crippen molar-refractivity contribution in [3.8, 4) is 0 Å². The minimum Gasteiger partial charge on any atom is -0.354 e. The second kappa shape index (κ2) is 10.1. The molecule has 27 heavy (non-hydrogen) atoms. The number of amides is 1. The Hall–Kier alpha value is -1.56. The molecule has 1 aliphatic heterocycles. The zero-order valence-electron chi connectivity index (χ0n) is 15.4. The maximum absolute atomic E-state index is 14.1. The summed E-state index contributed by atoms with van der Waals surface area (Å²) < 4.78 is 14.1. The van der Waals surface area contributed by atoms with Gasteiger partial charge in [0, 0.05) is 11.4 Å². The van der Waals surface area contributed by atoms with Crippen molar-refractivity contribution in [2.75, 3.05) is 19.6 Å². The van der Waals surface area contributed by atoms with E-state index in [4.69, 9.17) is 0 Å². The van der Waals surface area contributed by atoms with Crippen molar-refractivity contribution in [2.45, 2.75) is 29.9 Å². The van der Waals surface area contributed by atoms with Gasteiger partial charge in [-0.3, -0.25) is 4.79 Å². The molecule has 2 aromatic rings. The fourth-order valence-electron chi connectivity index (χ4n) is 3.17. The highest BCUT2D eigenvalue weighted by molar-refractivity contribution is 8.00. The predicted molar refractivity (Wildman–Crippen MR) is 112 cm³/mol. The maximum atomic E-state index is 14.1. The SMILES string of the molecule is CC1(CNC(=O)C(Sc2ccccc2F)c2ccccc2)CCNCC1.Cl. The van der Waals surface area contributed by atoms with Crippen molar-refractivity contribution in [1.82, 2.24) is 10.6 Å². The van der Waals surface area contributed by atoms with Gasteiger partial charge in [-0.2, -0.15) is 0 Å². The third kappa shape index (κ3) is 5.96. The van der Waals surface area contributed by atoms with E-state index in [-0.39, 0.29) is 29.5 Å². The molecule has 1 saturated heterocycles. The van der Waals surface area contributed by atoms with Gasteiger partial charge in [0.25, 0.3) is 0 Å². The number of piperidine rings is 1. The van der Waals surface area contributed by atoms with Gasteiger partial charge in [-0.15, -0.1) is 24.2 Å². The molecule has 1 aliphatic rings. The Kier molecular flexibility index (Phi) is 8.14. The summed E-state index contributed by atoms with van der Waals surface area (Å²) in [5, 5.41) is 6.00. The summed E-state index contributed by atoms with van der Waals surface area (Å²) in [6.45, 7) is 4.83. The van der Waals surface area contributed by atoms with Crippen molar-refractivity contribution in [1.29, 1.82) is 0 Å². The fourth-order valence-corrected chi connectivity index (χ4v) is 4.24. The van der Waals surface area contributed by atoms with Crippen molar-refractivity contribution in [2.24, 2.45) is 5.41 Å². The van der Waals surface area contributed by atoms with E-state index >= 15 is 0 Å². The Morgan fingerprint density at radius 3 is 2.44 bits per heavy atom. The summed E-state index contributed by atoms with van der Waals surface area (Å²) >= 11 is 1.26. The number of carbonyl (C=O) groups excluding carboxylic acids is 1. The minimum atomic E-state index is -0.474. The summed E-state index contributed by atoms with van der Waals surface area (Å²) in [7, 11) is 0. The zero-order valence-corrected chi connectivity index (χ0v) is 17.0. The summed E-state index contributed by atoms with van der Waals surface area (Å²) in [6.07, 6.45) is 2.09. The van der Waals surface area contributed by atoms with E-state index in [1.54, 1.807) is 18.2 Å². The topological polar surface area (TPSA) is 41.1 Å². The van der Waals surface area contributed by atoms with Crippen molar-refractivity contribution >= 4 is 30.1 Å². The molecule has 2 N–H and O–H groups in total.